The Morgan fingerprint density at radius 3 is 2.50 bits per heavy atom. The summed E-state index contributed by atoms with van der Waals surface area (Å²) in [7, 11) is -3.68. The van der Waals surface area contributed by atoms with Crippen LogP contribution in [0.2, 0.25) is 5.02 Å². The highest BCUT2D eigenvalue weighted by atomic mass is 35.5. The molecule has 1 saturated heterocycles. The molecule has 7 heteroatoms. The predicted molar refractivity (Wildman–Crippen MR) is 103 cm³/mol. The average Bonchev–Trinajstić information content (AvgIpc) is 2.62. The molecule has 0 saturated carbocycles. The minimum Gasteiger partial charge on any atom is -0.379 e. The number of benzene rings is 2. The van der Waals surface area contributed by atoms with Gasteiger partial charge in [-0.05, 0) is 30.7 Å². The molecule has 2 aromatic carbocycles. The molecule has 1 atom stereocenters. The summed E-state index contributed by atoms with van der Waals surface area (Å²) >= 11 is 5.96. The molecule has 0 bridgehead atoms. The first-order chi connectivity index (χ1) is 12.4. The minimum atomic E-state index is -3.68. The molecule has 0 aromatic heterocycles. The maximum absolute atomic E-state index is 12.9. The second-order valence-electron chi connectivity index (χ2n) is 6.45. The van der Waals surface area contributed by atoms with E-state index in [1.54, 1.807) is 18.2 Å². The first kappa shape index (κ1) is 19.3. The van der Waals surface area contributed by atoms with Crippen molar-refractivity contribution in [2.45, 2.75) is 17.9 Å². The summed E-state index contributed by atoms with van der Waals surface area (Å²) in [6.45, 7) is 5.52. The summed E-state index contributed by atoms with van der Waals surface area (Å²) in [5, 5.41) is 0.396. The van der Waals surface area contributed by atoms with Gasteiger partial charge in [-0.3, -0.25) is 4.90 Å². The van der Waals surface area contributed by atoms with Crippen LogP contribution >= 0.6 is 11.6 Å². The van der Waals surface area contributed by atoms with Gasteiger partial charge < -0.3 is 4.74 Å². The third-order valence-electron chi connectivity index (χ3n) is 4.43. The summed E-state index contributed by atoms with van der Waals surface area (Å²) in [5.74, 6) is 0. The molecule has 5 nitrogen and oxygen atoms in total. The van der Waals surface area contributed by atoms with Crippen LogP contribution in [0.25, 0.3) is 0 Å². The van der Waals surface area contributed by atoms with E-state index in [-0.39, 0.29) is 10.9 Å². The molecular formula is C19H23ClN2O3S. The first-order valence-electron chi connectivity index (χ1n) is 8.58. The third-order valence-corrected chi connectivity index (χ3v) is 6.13. The third kappa shape index (κ3) is 5.05. The fourth-order valence-corrected chi connectivity index (χ4v) is 4.46. The van der Waals surface area contributed by atoms with Crippen LogP contribution < -0.4 is 4.72 Å². The van der Waals surface area contributed by atoms with Crippen molar-refractivity contribution in [3.63, 3.8) is 0 Å². The van der Waals surface area contributed by atoms with E-state index in [1.807, 2.05) is 31.2 Å². The molecule has 1 aliphatic heterocycles. The second-order valence-corrected chi connectivity index (χ2v) is 8.61. The molecule has 26 heavy (non-hydrogen) atoms. The number of rotatable bonds is 6. The number of halogens is 1. The van der Waals surface area contributed by atoms with Crippen LogP contribution in [-0.2, 0) is 14.8 Å². The normalized spacial score (nSPS) is 17.2. The zero-order valence-corrected chi connectivity index (χ0v) is 16.3. The topological polar surface area (TPSA) is 58.6 Å². The maximum Gasteiger partial charge on any atom is 0.241 e. The highest BCUT2D eigenvalue weighted by Crippen LogP contribution is 2.21. The van der Waals surface area contributed by atoms with Gasteiger partial charge in [-0.25, -0.2) is 13.1 Å². The fraction of sp³-hybridized carbons (Fsp3) is 0.368. The molecule has 1 heterocycles. The SMILES string of the molecule is Cc1ccc([C@@H](CN2CCOCC2)NS(=O)(=O)c2cccc(Cl)c2)cc1. The van der Waals surface area contributed by atoms with Crippen molar-refractivity contribution in [1.29, 1.82) is 0 Å². The molecule has 0 amide bonds. The maximum atomic E-state index is 12.9. The molecule has 140 valence electrons. The lowest BCUT2D eigenvalue weighted by Crippen LogP contribution is -2.43. The summed E-state index contributed by atoms with van der Waals surface area (Å²) in [5.41, 5.74) is 2.07. The Kier molecular flexibility index (Phi) is 6.32. The Hall–Kier alpha value is -1.44. The van der Waals surface area contributed by atoms with Crippen molar-refractivity contribution >= 4 is 21.6 Å². The van der Waals surface area contributed by atoms with Crippen LogP contribution in [0.15, 0.2) is 53.4 Å². The Bertz CT molecular complexity index is 834. The van der Waals surface area contributed by atoms with Gasteiger partial charge in [-0.1, -0.05) is 47.5 Å². The molecular weight excluding hydrogens is 372 g/mol. The fourth-order valence-electron chi connectivity index (χ4n) is 2.94. The highest BCUT2D eigenvalue weighted by molar-refractivity contribution is 7.89. The van der Waals surface area contributed by atoms with Gasteiger partial charge >= 0.3 is 0 Å². The van der Waals surface area contributed by atoms with Crippen molar-refractivity contribution in [2.24, 2.45) is 0 Å². The highest BCUT2D eigenvalue weighted by Gasteiger charge is 2.24. The van der Waals surface area contributed by atoms with Gasteiger partial charge in [0.15, 0.2) is 0 Å². The number of nitrogens with zero attached hydrogens (tertiary/aromatic N) is 1. The molecule has 1 fully saturated rings. The van der Waals surface area contributed by atoms with Gasteiger partial charge in [0.05, 0.1) is 24.2 Å². The van der Waals surface area contributed by atoms with Crippen LogP contribution in [0, 0.1) is 6.92 Å². The largest absolute Gasteiger partial charge is 0.379 e. The van der Waals surface area contributed by atoms with E-state index in [2.05, 4.69) is 9.62 Å². The van der Waals surface area contributed by atoms with E-state index in [1.165, 1.54) is 6.07 Å². The average molecular weight is 395 g/mol. The molecule has 2 aromatic rings. The summed E-state index contributed by atoms with van der Waals surface area (Å²) in [4.78, 5) is 2.39. The van der Waals surface area contributed by atoms with Crippen LogP contribution in [0.5, 0.6) is 0 Å². The van der Waals surface area contributed by atoms with E-state index in [0.29, 0.717) is 24.8 Å². The number of hydrogen-bond donors (Lipinski definition) is 1. The molecule has 0 unspecified atom stereocenters. The monoisotopic (exact) mass is 394 g/mol. The summed E-state index contributed by atoms with van der Waals surface area (Å²) in [6.07, 6.45) is 0. The van der Waals surface area contributed by atoms with Gasteiger partial charge in [-0.15, -0.1) is 0 Å². The van der Waals surface area contributed by atoms with Gasteiger partial charge in [0.2, 0.25) is 10.0 Å². The van der Waals surface area contributed by atoms with Crippen molar-refractivity contribution in [2.75, 3.05) is 32.8 Å². The van der Waals surface area contributed by atoms with Crippen molar-refractivity contribution in [3.8, 4) is 0 Å². The van der Waals surface area contributed by atoms with Crippen LogP contribution in [0.1, 0.15) is 17.2 Å². The van der Waals surface area contributed by atoms with Gasteiger partial charge in [0.1, 0.15) is 0 Å². The van der Waals surface area contributed by atoms with Gasteiger partial charge in [-0.2, -0.15) is 0 Å². The zero-order valence-electron chi connectivity index (χ0n) is 14.7. The van der Waals surface area contributed by atoms with Crippen molar-refractivity contribution in [3.05, 3.63) is 64.7 Å². The predicted octanol–water partition coefficient (Wildman–Crippen LogP) is 3.00. The number of morpholine rings is 1. The molecule has 1 N–H and O–H groups in total. The van der Waals surface area contributed by atoms with Crippen molar-refractivity contribution in [1.82, 2.24) is 9.62 Å². The Balaban J connectivity index is 1.85. The standard InChI is InChI=1S/C19H23ClN2O3S/c1-15-5-7-16(8-6-15)19(14-22-9-11-25-12-10-22)21-26(23,24)18-4-2-3-17(20)13-18/h2-8,13,19,21H,9-12,14H2,1H3/t19-/m1/s1. The quantitative estimate of drug-likeness (QED) is 0.818. The van der Waals surface area contributed by atoms with Gasteiger partial charge in [0.25, 0.3) is 0 Å². The molecule has 0 radical (unpaired) electrons. The summed E-state index contributed by atoms with van der Waals surface area (Å²) in [6, 6.07) is 13.9. The Morgan fingerprint density at radius 1 is 1.15 bits per heavy atom. The first-order valence-corrected chi connectivity index (χ1v) is 10.4. The van der Waals surface area contributed by atoms with Crippen LogP contribution in [-0.4, -0.2) is 46.2 Å². The molecule has 0 spiro atoms. The molecule has 3 rings (SSSR count). The smallest absolute Gasteiger partial charge is 0.241 e. The number of ether oxygens (including phenoxy) is 1. The summed E-state index contributed by atoms with van der Waals surface area (Å²) < 4.78 is 34.0. The van der Waals surface area contributed by atoms with Crippen LogP contribution in [0.4, 0.5) is 0 Å². The lowest BCUT2D eigenvalue weighted by atomic mass is 10.1. The van der Waals surface area contributed by atoms with E-state index in [0.717, 1.165) is 24.2 Å². The molecule has 0 aliphatic carbocycles. The number of nitrogens with one attached hydrogen (secondary N) is 1. The number of hydrogen-bond acceptors (Lipinski definition) is 4. The zero-order chi connectivity index (χ0) is 18.6. The van der Waals surface area contributed by atoms with Crippen LogP contribution in [0.3, 0.4) is 0 Å². The van der Waals surface area contributed by atoms with E-state index in [4.69, 9.17) is 16.3 Å². The van der Waals surface area contributed by atoms with E-state index < -0.39 is 10.0 Å². The second kappa shape index (κ2) is 8.50. The number of aryl methyl sites for hydroxylation is 1. The lowest BCUT2D eigenvalue weighted by molar-refractivity contribution is 0.0345. The lowest BCUT2D eigenvalue weighted by Gasteiger charge is -2.31. The van der Waals surface area contributed by atoms with Crippen molar-refractivity contribution < 1.29 is 13.2 Å². The Labute approximate surface area is 160 Å². The minimum absolute atomic E-state index is 0.170. The molecule has 1 aliphatic rings. The van der Waals surface area contributed by atoms with E-state index in [9.17, 15) is 8.42 Å². The Morgan fingerprint density at radius 2 is 1.85 bits per heavy atom. The number of sulfonamides is 1. The van der Waals surface area contributed by atoms with Gasteiger partial charge in [0, 0.05) is 24.7 Å². The van der Waals surface area contributed by atoms with E-state index >= 15 is 0 Å².